The first-order chi connectivity index (χ1) is 8.16. The van der Waals surface area contributed by atoms with Gasteiger partial charge in [0.1, 0.15) is 0 Å². The van der Waals surface area contributed by atoms with Crippen molar-refractivity contribution in [1.29, 1.82) is 0 Å². The summed E-state index contributed by atoms with van der Waals surface area (Å²) in [5.74, 6) is 0.100. The number of rotatable bonds is 4. The number of anilines is 1. The van der Waals surface area contributed by atoms with Gasteiger partial charge in [-0.05, 0) is 36.1 Å². The van der Waals surface area contributed by atoms with Crippen LogP contribution in [0.2, 0.25) is 0 Å². The summed E-state index contributed by atoms with van der Waals surface area (Å²) in [6.07, 6.45) is 1.29. The minimum absolute atomic E-state index is 0.100. The van der Waals surface area contributed by atoms with Crippen LogP contribution in [-0.2, 0) is 6.42 Å². The molecule has 2 aromatic rings. The van der Waals surface area contributed by atoms with Crippen LogP contribution in [0.4, 0.5) is 5.69 Å². The molecule has 1 heterocycles. The second-order valence-electron chi connectivity index (χ2n) is 3.73. The van der Waals surface area contributed by atoms with Crippen LogP contribution in [0.25, 0.3) is 0 Å². The fourth-order valence-corrected chi connectivity index (χ4v) is 2.70. The molecular formula is C13H12BrNOS. The normalized spacial score (nSPS) is 10.4. The Hall–Kier alpha value is -1.13. The van der Waals surface area contributed by atoms with Crippen LogP contribution in [0.15, 0.2) is 40.2 Å². The highest BCUT2D eigenvalue weighted by Gasteiger charge is 2.10. The molecule has 0 unspecified atom stereocenters. The molecule has 0 aliphatic heterocycles. The molecule has 0 amide bonds. The van der Waals surface area contributed by atoms with Crippen LogP contribution in [0, 0.1) is 0 Å². The number of halogens is 1. The lowest BCUT2D eigenvalue weighted by molar-refractivity contribution is 0.0984. The maximum atomic E-state index is 12.0. The van der Waals surface area contributed by atoms with Gasteiger partial charge in [-0.3, -0.25) is 4.79 Å². The average Bonchev–Trinajstić information content (AvgIpc) is 2.78. The second-order valence-corrected chi connectivity index (χ2v) is 5.68. The van der Waals surface area contributed by atoms with Crippen LogP contribution < -0.4 is 5.73 Å². The molecule has 0 saturated carbocycles. The Kier molecular flexibility index (Phi) is 3.97. The molecule has 0 bridgehead atoms. The van der Waals surface area contributed by atoms with E-state index >= 15 is 0 Å². The minimum atomic E-state index is 0.100. The first-order valence-corrected chi connectivity index (χ1v) is 6.94. The molecule has 0 radical (unpaired) electrons. The maximum Gasteiger partial charge on any atom is 0.165 e. The number of nitrogen functional groups attached to an aromatic ring is 1. The lowest BCUT2D eigenvalue weighted by atomic mass is 10.0. The summed E-state index contributed by atoms with van der Waals surface area (Å²) in [7, 11) is 0. The highest BCUT2D eigenvalue weighted by Crippen LogP contribution is 2.21. The van der Waals surface area contributed by atoms with E-state index in [2.05, 4.69) is 15.9 Å². The highest BCUT2D eigenvalue weighted by molar-refractivity contribution is 9.10. The zero-order chi connectivity index (χ0) is 12.3. The highest BCUT2D eigenvalue weighted by atomic mass is 79.9. The molecular weight excluding hydrogens is 298 g/mol. The summed E-state index contributed by atoms with van der Waals surface area (Å²) in [6, 6.07) is 9.42. The van der Waals surface area contributed by atoms with Crippen molar-refractivity contribution in [2.45, 2.75) is 12.8 Å². The van der Waals surface area contributed by atoms with Crippen molar-refractivity contribution in [2.24, 2.45) is 0 Å². The van der Waals surface area contributed by atoms with Crippen molar-refractivity contribution in [2.75, 3.05) is 5.73 Å². The van der Waals surface area contributed by atoms with Crippen LogP contribution in [0.5, 0.6) is 0 Å². The number of carbonyl (C=O) groups excluding carboxylic acids is 1. The van der Waals surface area contributed by atoms with Gasteiger partial charge in [0.25, 0.3) is 0 Å². The third kappa shape index (κ3) is 3.17. The van der Waals surface area contributed by atoms with Crippen LogP contribution in [-0.4, -0.2) is 5.78 Å². The third-order valence-electron chi connectivity index (χ3n) is 2.49. The molecule has 0 saturated heterocycles. The van der Waals surface area contributed by atoms with E-state index in [0.29, 0.717) is 17.7 Å². The number of nitrogens with two attached hydrogens (primary N) is 1. The van der Waals surface area contributed by atoms with E-state index in [1.807, 2.05) is 23.6 Å². The van der Waals surface area contributed by atoms with Crippen molar-refractivity contribution < 1.29 is 4.79 Å². The Morgan fingerprint density at radius 3 is 2.82 bits per heavy atom. The molecule has 0 spiro atoms. The Morgan fingerprint density at radius 1 is 1.35 bits per heavy atom. The molecule has 1 aromatic carbocycles. The number of aryl methyl sites for hydroxylation is 1. The van der Waals surface area contributed by atoms with Gasteiger partial charge in [0.2, 0.25) is 0 Å². The Bertz CT molecular complexity index is 522. The van der Waals surface area contributed by atoms with Gasteiger partial charge in [-0.1, -0.05) is 22.0 Å². The van der Waals surface area contributed by atoms with E-state index in [-0.39, 0.29) is 5.78 Å². The quantitative estimate of drug-likeness (QED) is 0.687. The third-order valence-corrected chi connectivity index (χ3v) is 3.92. The minimum Gasteiger partial charge on any atom is -0.398 e. The van der Waals surface area contributed by atoms with Gasteiger partial charge in [-0.15, -0.1) is 11.3 Å². The topological polar surface area (TPSA) is 43.1 Å². The van der Waals surface area contributed by atoms with Gasteiger partial charge < -0.3 is 5.73 Å². The van der Waals surface area contributed by atoms with E-state index < -0.39 is 0 Å². The largest absolute Gasteiger partial charge is 0.398 e. The van der Waals surface area contributed by atoms with Gasteiger partial charge in [-0.2, -0.15) is 0 Å². The average molecular weight is 310 g/mol. The van der Waals surface area contributed by atoms with Crippen molar-refractivity contribution in [3.63, 3.8) is 0 Å². The van der Waals surface area contributed by atoms with Crippen molar-refractivity contribution in [1.82, 2.24) is 0 Å². The summed E-state index contributed by atoms with van der Waals surface area (Å²) in [5.41, 5.74) is 6.98. The predicted octanol–water partition coefficient (Wildman–Crippen LogP) is 3.91. The molecule has 2 rings (SSSR count). The number of thiophene rings is 1. The summed E-state index contributed by atoms with van der Waals surface area (Å²) in [5, 5.41) is 2.02. The van der Waals surface area contributed by atoms with Crippen LogP contribution in [0.1, 0.15) is 21.7 Å². The number of Topliss-reactive ketones (excluding diaryl/α,β-unsaturated/α-hetero) is 1. The fourth-order valence-electron chi connectivity index (χ4n) is 1.61. The molecule has 4 heteroatoms. The monoisotopic (exact) mass is 309 g/mol. The van der Waals surface area contributed by atoms with Gasteiger partial charge in [-0.25, -0.2) is 0 Å². The molecule has 17 heavy (non-hydrogen) atoms. The summed E-state index contributed by atoms with van der Waals surface area (Å²) in [4.78, 5) is 13.2. The standard InChI is InChI=1S/C13H12BrNOS/c14-9-3-5-11(12(15)8-9)13(16)6-4-10-2-1-7-17-10/h1-3,5,7-8H,4,6,15H2. The van der Waals surface area contributed by atoms with Gasteiger partial charge in [0, 0.05) is 27.0 Å². The zero-order valence-electron chi connectivity index (χ0n) is 9.15. The van der Waals surface area contributed by atoms with E-state index in [9.17, 15) is 4.79 Å². The predicted molar refractivity (Wildman–Crippen MR) is 75.5 cm³/mol. The molecule has 0 aliphatic carbocycles. The second kappa shape index (κ2) is 5.47. The van der Waals surface area contributed by atoms with E-state index in [1.165, 1.54) is 4.88 Å². The molecule has 0 fully saturated rings. The molecule has 88 valence electrons. The van der Waals surface area contributed by atoms with E-state index in [1.54, 1.807) is 23.5 Å². The van der Waals surface area contributed by atoms with Gasteiger partial charge in [0.05, 0.1) is 0 Å². The molecule has 0 aliphatic rings. The number of hydrogen-bond acceptors (Lipinski definition) is 3. The molecule has 0 atom stereocenters. The number of benzene rings is 1. The first-order valence-electron chi connectivity index (χ1n) is 5.27. The van der Waals surface area contributed by atoms with Crippen molar-refractivity contribution in [3.8, 4) is 0 Å². The van der Waals surface area contributed by atoms with Gasteiger partial charge in [0.15, 0.2) is 5.78 Å². The Labute approximate surface area is 113 Å². The van der Waals surface area contributed by atoms with Gasteiger partial charge >= 0.3 is 0 Å². The van der Waals surface area contributed by atoms with Crippen molar-refractivity contribution in [3.05, 3.63) is 50.6 Å². The zero-order valence-corrected chi connectivity index (χ0v) is 11.6. The number of carbonyl (C=O) groups is 1. The van der Waals surface area contributed by atoms with E-state index in [0.717, 1.165) is 10.9 Å². The fraction of sp³-hybridized carbons (Fsp3) is 0.154. The van der Waals surface area contributed by atoms with Crippen LogP contribution >= 0.6 is 27.3 Å². The smallest absolute Gasteiger partial charge is 0.165 e. The molecule has 1 aromatic heterocycles. The number of ketones is 1. The number of hydrogen-bond donors (Lipinski definition) is 1. The lowest BCUT2D eigenvalue weighted by Crippen LogP contribution is -2.04. The molecule has 2 nitrogen and oxygen atoms in total. The molecule has 2 N–H and O–H groups in total. The summed E-state index contributed by atoms with van der Waals surface area (Å²) in [6.45, 7) is 0. The maximum absolute atomic E-state index is 12.0. The first kappa shape index (κ1) is 12.3. The lowest BCUT2D eigenvalue weighted by Gasteiger charge is -2.04. The van der Waals surface area contributed by atoms with Crippen LogP contribution in [0.3, 0.4) is 0 Å². The SMILES string of the molecule is Nc1cc(Br)ccc1C(=O)CCc1cccs1. The summed E-state index contributed by atoms with van der Waals surface area (Å²) >= 11 is 5.00. The Balaban J connectivity index is 2.04. The summed E-state index contributed by atoms with van der Waals surface area (Å²) < 4.78 is 0.893. The Morgan fingerprint density at radius 2 is 2.18 bits per heavy atom. The van der Waals surface area contributed by atoms with Crippen molar-refractivity contribution >= 4 is 38.7 Å². The van der Waals surface area contributed by atoms with E-state index in [4.69, 9.17) is 5.73 Å².